The Hall–Kier alpha value is -0.320. The van der Waals surface area contributed by atoms with Gasteiger partial charge in [-0.25, -0.2) is 0 Å². The van der Waals surface area contributed by atoms with Crippen LogP contribution in [0, 0.1) is 5.92 Å². The Morgan fingerprint density at radius 2 is 2.07 bits per heavy atom. The predicted octanol–water partition coefficient (Wildman–Crippen LogP) is -0.0489. The van der Waals surface area contributed by atoms with Crippen molar-refractivity contribution >= 4 is 18.3 Å². The van der Waals surface area contributed by atoms with Crippen LogP contribution < -0.4 is 11.5 Å². The van der Waals surface area contributed by atoms with E-state index in [0.29, 0.717) is 6.54 Å². The first-order chi connectivity index (χ1) is 6.02. The maximum atomic E-state index is 11.7. The summed E-state index contributed by atoms with van der Waals surface area (Å²) in [5, 5.41) is 0. The lowest BCUT2D eigenvalue weighted by molar-refractivity contribution is -0.132. The number of rotatable bonds is 2. The molecule has 1 heterocycles. The maximum Gasteiger partial charge on any atom is 0.239 e. The second-order valence-electron chi connectivity index (χ2n) is 4.10. The number of halogens is 1. The summed E-state index contributed by atoms with van der Waals surface area (Å²) < 4.78 is 0. The molecule has 0 aromatic heterocycles. The van der Waals surface area contributed by atoms with Gasteiger partial charge in [0.15, 0.2) is 0 Å². The van der Waals surface area contributed by atoms with Crippen LogP contribution in [-0.4, -0.2) is 36.0 Å². The number of amides is 1. The van der Waals surface area contributed by atoms with E-state index in [0.717, 1.165) is 13.0 Å². The van der Waals surface area contributed by atoms with Gasteiger partial charge in [-0.15, -0.1) is 12.4 Å². The molecular formula is C9H20ClN3O. The van der Waals surface area contributed by atoms with Crippen LogP contribution in [0.5, 0.6) is 0 Å². The van der Waals surface area contributed by atoms with Crippen molar-refractivity contribution in [1.29, 1.82) is 0 Å². The summed E-state index contributed by atoms with van der Waals surface area (Å²) in [6.07, 6.45) is 0.899. The summed E-state index contributed by atoms with van der Waals surface area (Å²) in [7, 11) is 0. The molecular weight excluding hydrogens is 202 g/mol. The highest BCUT2D eigenvalue weighted by molar-refractivity contribution is 5.85. The normalized spacial score (nSPS) is 23.5. The third-order valence-corrected chi connectivity index (χ3v) is 2.54. The molecule has 1 rings (SSSR count). The molecule has 0 aliphatic carbocycles. The maximum absolute atomic E-state index is 11.7. The zero-order valence-corrected chi connectivity index (χ0v) is 9.59. The molecule has 1 unspecified atom stereocenters. The van der Waals surface area contributed by atoms with Crippen LogP contribution in [0.3, 0.4) is 0 Å². The van der Waals surface area contributed by atoms with Gasteiger partial charge in [-0.1, -0.05) is 13.8 Å². The van der Waals surface area contributed by atoms with E-state index in [4.69, 9.17) is 11.5 Å². The quantitative estimate of drug-likeness (QED) is 0.687. The van der Waals surface area contributed by atoms with Crippen LogP contribution in [0.4, 0.5) is 0 Å². The van der Waals surface area contributed by atoms with E-state index >= 15 is 0 Å². The molecule has 1 saturated heterocycles. The van der Waals surface area contributed by atoms with Gasteiger partial charge >= 0.3 is 0 Å². The molecule has 0 aromatic rings. The van der Waals surface area contributed by atoms with Crippen molar-refractivity contribution in [3.63, 3.8) is 0 Å². The Morgan fingerprint density at radius 1 is 1.50 bits per heavy atom. The predicted molar refractivity (Wildman–Crippen MR) is 59.2 cm³/mol. The minimum absolute atomic E-state index is 0. The Labute approximate surface area is 91.4 Å². The smallest absolute Gasteiger partial charge is 0.239 e. The van der Waals surface area contributed by atoms with Crippen LogP contribution >= 0.6 is 12.4 Å². The number of carbonyl (C=O) groups is 1. The van der Waals surface area contributed by atoms with Gasteiger partial charge in [-0.2, -0.15) is 0 Å². The van der Waals surface area contributed by atoms with Gasteiger partial charge in [0, 0.05) is 19.1 Å². The second-order valence-corrected chi connectivity index (χ2v) is 4.10. The summed E-state index contributed by atoms with van der Waals surface area (Å²) in [5.41, 5.74) is 11.5. The average Bonchev–Trinajstić information content (AvgIpc) is 2.49. The molecule has 0 saturated carbocycles. The molecule has 1 amide bonds. The summed E-state index contributed by atoms with van der Waals surface area (Å²) in [6.45, 7) is 5.34. The Bertz CT molecular complexity index is 198. The molecule has 2 atom stereocenters. The fourth-order valence-electron chi connectivity index (χ4n) is 1.48. The van der Waals surface area contributed by atoms with Crippen molar-refractivity contribution in [2.45, 2.75) is 32.4 Å². The van der Waals surface area contributed by atoms with Crippen molar-refractivity contribution in [2.75, 3.05) is 13.1 Å². The molecule has 4 N–H and O–H groups in total. The van der Waals surface area contributed by atoms with E-state index in [-0.39, 0.29) is 36.3 Å². The summed E-state index contributed by atoms with van der Waals surface area (Å²) in [6, 6.07) is -0.228. The molecule has 4 nitrogen and oxygen atoms in total. The molecule has 1 fully saturated rings. The molecule has 1 aliphatic heterocycles. The van der Waals surface area contributed by atoms with Crippen LogP contribution in [0.15, 0.2) is 0 Å². The lowest BCUT2D eigenvalue weighted by Gasteiger charge is -2.22. The van der Waals surface area contributed by atoms with Crippen LogP contribution in [-0.2, 0) is 4.79 Å². The Morgan fingerprint density at radius 3 is 2.43 bits per heavy atom. The highest BCUT2D eigenvalue weighted by Gasteiger charge is 2.28. The summed E-state index contributed by atoms with van der Waals surface area (Å²) in [5.74, 6) is 0.243. The van der Waals surface area contributed by atoms with Crippen molar-refractivity contribution < 1.29 is 4.79 Å². The van der Waals surface area contributed by atoms with Crippen LogP contribution in [0.1, 0.15) is 20.3 Å². The van der Waals surface area contributed by atoms with Crippen molar-refractivity contribution in [2.24, 2.45) is 17.4 Å². The third kappa shape index (κ3) is 3.12. The third-order valence-electron chi connectivity index (χ3n) is 2.54. The Balaban J connectivity index is 0.00000169. The Kier molecular flexibility index (Phi) is 5.41. The lowest BCUT2D eigenvalue weighted by atomic mass is 10.0. The first-order valence-electron chi connectivity index (χ1n) is 4.82. The fraction of sp³-hybridized carbons (Fsp3) is 0.889. The molecule has 1 aliphatic rings. The minimum Gasteiger partial charge on any atom is -0.340 e. The van der Waals surface area contributed by atoms with E-state index in [1.54, 1.807) is 4.90 Å². The molecule has 14 heavy (non-hydrogen) atoms. The van der Waals surface area contributed by atoms with Crippen molar-refractivity contribution in [3.8, 4) is 0 Å². The SMILES string of the molecule is CC(C)C(N)C(=O)N1CC[C@H](N)C1.Cl. The second kappa shape index (κ2) is 5.53. The lowest BCUT2D eigenvalue weighted by Crippen LogP contribution is -2.46. The van der Waals surface area contributed by atoms with Gasteiger partial charge in [-0.3, -0.25) is 4.79 Å². The van der Waals surface area contributed by atoms with Crippen molar-refractivity contribution in [3.05, 3.63) is 0 Å². The van der Waals surface area contributed by atoms with Crippen LogP contribution in [0.25, 0.3) is 0 Å². The standard InChI is InChI=1S/C9H19N3O.ClH/c1-6(2)8(11)9(13)12-4-3-7(10)5-12;/h6-8H,3-5,10-11H2,1-2H3;1H/t7-,8?;/m0./s1. The monoisotopic (exact) mass is 221 g/mol. The van der Waals surface area contributed by atoms with Crippen molar-refractivity contribution in [1.82, 2.24) is 4.90 Å². The zero-order valence-electron chi connectivity index (χ0n) is 8.77. The molecule has 84 valence electrons. The molecule has 0 bridgehead atoms. The number of carbonyl (C=O) groups excluding carboxylic acids is 1. The number of hydrogen-bond acceptors (Lipinski definition) is 3. The molecule has 0 aromatic carbocycles. The number of likely N-dealkylation sites (tertiary alicyclic amines) is 1. The van der Waals surface area contributed by atoms with Gasteiger partial charge in [0.25, 0.3) is 0 Å². The molecule has 0 radical (unpaired) electrons. The van der Waals surface area contributed by atoms with E-state index < -0.39 is 0 Å². The zero-order chi connectivity index (χ0) is 10.0. The van der Waals surface area contributed by atoms with E-state index in [1.807, 2.05) is 13.8 Å². The topological polar surface area (TPSA) is 72.4 Å². The van der Waals surface area contributed by atoms with Gasteiger partial charge in [-0.05, 0) is 12.3 Å². The number of nitrogens with two attached hydrogens (primary N) is 2. The van der Waals surface area contributed by atoms with Gasteiger partial charge in [0.05, 0.1) is 6.04 Å². The summed E-state index contributed by atoms with van der Waals surface area (Å²) in [4.78, 5) is 13.5. The van der Waals surface area contributed by atoms with Crippen LogP contribution in [0.2, 0.25) is 0 Å². The largest absolute Gasteiger partial charge is 0.340 e. The number of nitrogens with zero attached hydrogens (tertiary/aromatic N) is 1. The minimum atomic E-state index is -0.370. The van der Waals surface area contributed by atoms with Gasteiger partial charge in [0.2, 0.25) is 5.91 Å². The van der Waals surface area contributed by atoms with E-state index in [9.17, 15) is 4.79 Å². The summed E-state index contributed by atoms with van der Waals surface area (Å²) >= 11 is 0. The molecule has 5 heteroatoms. The highest BCUT2D eigenvalue weighted by Crippen LogP contribution is 2.10. The van der Waals surface area contributed by atoms with Gasteiger partial charge < -0.3 is 16.4 Å². The molecule has 0 spiro atoms. The average molecular weight is 222 g/mol. The number of hydrogen-bond donors (Lipinski definition) is 2. The van der Waals surface area contributed by atoms with E-state index in [2.05, 4.69) is 0 Å². The van der Waals surface area contributed by atoms with E-state index in [1.165, 1.54) is 0 Å². The van der Waals surface area contributed by atoms with Gasteiger partial charge in [0.1, 0.15) is 0 Å². The first kappa shape index (κ1) is 13.7. The first-order valence-corrected chi connectivity index (χ1v) is 4.82. The highest BCUT2D eigenvalue weighted by atomic mass is 35.5. The fourth-order valence-corrected chi connectivity index (χ4v) is 1.48.